The maximum atomic E-state index is 12.4. The normalized spacial score (nSPS) is 24.8. The first-order chi connectivity index (χ1) is 13.4. The Hall–Kier alpha value is -2.34. The molecule has 0 saturated carbocycles. The lowest BCUT2D eigenvalue weighted by molar-refractivity contribution is -0.132. The number of carbonyl (C=O) groups excluding carboxylic acids is 2. The Morgan fingerprint density at radius 3 is 2.82 bits per heavy atom. The van der Waals surface area contributed by atoms with Gasteiger partial charge in [0.25, 0.3) is 0 Å². The third kappa shape index (κ3) is 3.92. The number of benzene rings is 1. The molecule has 6 heteroatoms. The quantitative estimate of drug-likeness (QED) is 0.522. The van der Waals surface area contributed by atoms with E-state index in [1.54, 1.807) is 12.1 Å². The molecule has 28 heavy (non-hydrogen) atoms. The number of hydrogen-bond donors (Lipinski definition) is 0. The second kappa shape index (κ2) is 8.35. The van der Waals surface area contributed by atoms with E-state index in [0.29, 0.717) is 30.1 Å². The molecule has 152 valence electrons. The van der Waals surface area contributed by atoms with Crippen molar-refractivity contribution in [2.45, 2.75) is 52.1 Å². The van der Waals surface area contributed by atoms with Crippen LogP contribution in [-0.2, 0) is 25.5 Å². The number of carbonyl (C=O) groups is 2. The minimum absolute atomic E-state index is 0.0367. The molecule has 0 radical (unpaired) electrons. The fourth-order valence-corrected chi connectivity index (χ4v) is 4.21. The van der Waals surface area contributed by atoms with Crippen LogP contribution in [0.3, 0.4) is 0 Å². The number of ether oxygens (including phenoxy) is 4. The van der Waals surface area contributed by atoms with Crippen molar-refractivity contribution < 1.29 is 28.5 Å². The van der Waals surface area contributed by atoms with Crippen LogP contribution in [0.1, 0.15) is 45.6 Å². The predicted octanol–water partition coefficient (Wildman–Crippen LogP) is 3.82. The number of esters is 1. The lowest BCUT2D eigenvalue weighted by Crippen LogP contribution is -2.45. The molecule has 0 bridgehead atoms. The van der Waals surface area contributed by atoms with Gasteiger partial charge in [0.2, 0.25) is 0 Å². The van der Waals surface area contributed by atoms with E-state index in [-0.39, 0.29) is 24.4 Å². The van der Waals surface area contributed by atoms with Crippen LogP contribution in [0.25, 0.3) is 0 Å². The maximum Gasteiger partial charge on any atom is 0.308 e. The Labute approximate surface area is 165 Å². The highest BCUT2D eigenvalue weighted by molar-refractivity contribution is 5.93. The Morgan fingerprint density at radius 1 is 1.36 bits per heavy atom. The first-order valence-electron chi connectivity index (χ1n) is 9.77. The van der Waals surface area contributed by atoms with Gasteiger partial charge in [-0.15, -0.1) is 0 Å². The van der Waals surface area contributed by atoms with Crippen LogP contribution in [0.5, 0.6) is 11.5 Å². The van der Waals surface area contributed by atoms with E-state index in [1.807, 2.05) is 12.1 Å². The van der Waals surface area contributed by atoms with Crippen LogP contribution in [-0.4, -0.2) is 31.3 Å². The molecular weight excluding hydrogens is 360 g/mol. The average molecular weight is 388 g/mol. The topological polar surface area (TPSA) is 71.1 Å². The van der Waals surface area contributed by atoms with Crippen LogP contribution >= 0.6 is 0 Å². The van der Waals surface area contributed by atoms with Gasteiger partial charge in [0, 0.05) is 18.9 Å². The van der Waals surface area contributed by atoms with E-state index < -0.39 is 11.6 Å². The van der Waals surface area contributed by atoms with Crippen LogP contribution in [0.4, 0.5) is 0 Å². The number of ketones is 1. The molecule has 3 atom stereocenters. The zero-order valence-electron chi connectivity index (χ0n) is 16.9. The van der Waals surface area contributed by atoms with Gasteiger partial charge in [0.05, 0.1) is 7.11 Å². The van der Waals surface area contributed by atoms with Gasteiger partial charge in [-0.3, -0.25) is 9.59 Å². The van der Waals surface area contributed by atoms with Crippen LogP contribution in [0, 0.1) is 11.8 Å². The van der Waals surface area contributed by atoms with Crippen LogP contribution in [0.15, 0.2) is 30.0 Å². The van der Waals surface area contributed by atoms with Gasteiger partial charge in [-0.2, -0.15) is 0 Å². The van der Waals surface area contributed by atoms with Crippen molar-refractivity contribution in [3.63, 3.8) is 0 Å². The summed E-state index contributed by atoms with van der Waals surface area (Å²) in [5, 5.41) is 0. The summed E-state index contributed by atoms with van der Waals surface area (Å²) in [5.74, 6) is 1.33. The summed E-state index contributed by atoms with van der Waals surface area (Å²) in [5.41, 5.74) is 0.410. The molecule has 0 amide bonds. The standard InChI is InChI=1S/C22H28O6/c1-5-6-17-12-22(21(11-18(17)24)26-13-27-22)14(2)9-16-7-8-19(25-4)20(10-16)28-15(3)23/h7-8,10-11,14,17H,5-6,9,12-13H2,1-4H3/t14?,17-,22+/m0/s1. The second-order valence-corrected chi connectivity index (χ2v) is 7.58. The number of hydrogen-bond acceptors (Lipinski definition) is 6. The van der Waals surface area contributed by atoms with Crippen LogP contribution in [0.2, 0.25) is 0 Å². The molecule has 1 aromatic rings. The average Bonchev–Trinajstić information content (AvgIpc) is 3.06. The Bertz CT molecular complexity index is 783. The monoisotopic (exact) mass is 388 g/mol. The Morgan fingerprint density at radius 2 is 2.14 bits per heavy atom. The van der Waals surface area contributed by atoms with Crippen molar-refractivity contribution in [2.75, 3.05) is 13.9 Å². The van der Waals surface area contributed by atoms with Crippen molar-refractivity contribution in [3.8, 4) is 11.5 Å². The van der Waals surface area contributed by atoms with E-state index in [2.05, 4.69) is 13.8 Å². The molecule has 3 rings (SSSR count). The maximum absolute atomic E-state index is 12.4. The molecule has 6 nitrogen and oxygen atoms in total. The van der Waals surface area contributed by atoms with Crippen molar-refractivity contribution in [1.82, 2.24) is 0 Å². The number of methoxy groups -OCH3 is 1. The van der Waals surface area contributed by atoms with Crippen molar-refractivity contribution in [3.05, 3.63) is 35.6 Å². The predicted molar refractivity (Wildman–Crippen MR) is 103 cm³/mol. The molecule has 2 aliphatic rings. The fourth-order valence-electron chi connectivity index (χ4n) is 4.21. The molecule has 1 heterocycles. The second-order valence-electron chi connectivity index (χ2n) is 7.58. The Balaban J connectivity index is 1.85. The summed E-state index contributed by atoms with van der Waals surface area (Å²) in [4.78, 5) is 23.8. The van der Waals surface area contributed by atoms with Crippen molar-refractivity contribution in [2.24, 2.45) is 11.8 Å². The molecular formula is C22H28O6. The number of rotatable bonds is 7. The third-order valence-electron chi connectivity index (χ3n) is 5.63. The minimum Gasteiger partial charge on any atom is -0.493 e. The van der Waals surface area contributed by atoms with Gasteiger partial charge in [-0.05, 0) is 42.9 Å². The van der Waals surface area contributed by atoms with E-state index in [9.17, 15) is 9.59 Å². The number of fused-ring (bicyclic) bond motifs is 1. The molecule has 0 N–H and O–H groups in total. The molecule has 1 aromatic carbocycles. The summed E-state index contributed by atoms with van der Waals surface area (Å²) in [6.45, 7) is 5.73. The highest BCUT2D eigenvalue weighted by Gasteiger charge is 2.51. The first kappa shape index (κ1) is 20.4. The lowest BCUT2D eigenvalue weighted by Gasteiger charge is -2.38. The van der Waals surface area contributed by atoms with Gasteiger partial charge >= 0.3 is 5.97 Å². The SMILES string of the molecule is CCC[C@H]1C[C@]2(C(C)Cc3ccc(OC)c(OC(C)=O)c3)OCOC2=CC1=O. The summed E-state index contributed by atoms with van der Waals surface area (Å²) < 4.78 is 22.3. The highest BCUT2D eigenvalue weighted by Crippen LogP contribution is 2.46. The minimum atomic E-state index is -0.588. The summed E-state index contributed by atoms with van der Waals surface area (Å²) in [6.07, 6.45) is 4.76. The molecule has 1 fully saturated rings. The van der Waals surface area contributed by atoms with E-state index >= 15 is 0 Å². The molecule has 1 aliphatic carbocycles. The zero-order chi connectivity index (χ0) is 20.3. The lowest BCUT2D eigenvalue weighted by atomic mass is 9.71. The summed E-state index contributed by atoms with van der Waals surface area (Å²) in [6, 6.07) is 5.57. The molecule has 1 unspecified atom stereocenters. The molecule has 1 aliphatic heterocycles. The zero-order valence-corrected chi connectivity index (χ0v) is 16.9. The first-order valence-corrected chi connectivity index (χ1v) is 9.77. The summed E-state index contributed by atoms with van der Waals surface area (Å²) in [7, 11) is 1.54. The molecule has 0 aromatic heterocycles. The van der Waals surface area contributed by atoms with Crippen molar-refractivity contribution in [1.29, 1.82) is 0 Å². The van der Waals surface area contributed by atoms with Gasteiger partial charge in [-0.1, -0.05) is 26.3 Å². The molecule has 0 spiro atoms. The third-order valence-corrected chi connectivity index (χ3v) is 5.63. The Kier molecular flexibility index (Phi) is 6.08. The van der Waals surface area contributed by atoms with Gasteiger partial charge in [-0.25, -0.2) is 0 Å². The smallest absolute Gasteiger partial charge is 0.308 e. The summed E-state index contributed by atoms with van der Waals surface area (Å²) >= 11 is 0. The van der Waals surface area contributed by atoms with Gasteiger partial charge in [0.15, 0.2) is 24.1 Å². The van der Waals surface area contributed by atoms with Crippen molar-refractivity contribution >= 4 is 11.8 Å². The van der Waals surface area contributed by atoms with E-state index in [0.717, 1.165) is 18.4 Å². The van der Waals surface area contributed by atoms with Gasteiger partial charge < -0.3 is 18.9 Å². The fraction of sp³-hybridized carbons (Fsp3) is 0.545. The van der Waals surface area contributed by atoms with Crippen LogP contribution < -0.4 is 9.47 Å². The van der Waals surface area contributed by atoms with Gasteiger partial charge in [0.1, 0.15) is 11.4 Å². The number of allylic oxidation sites excluding steroid dienone is 1. The van der Waals surface area contributed by atoms with E-state index in [4.69, 9.17) is 18.9 Å². The largest absolute Gasteiger partial charge is 0.493 e. The highest BCUT2D eigenvalue weighted by atomic mass is 16.7. The molecule has 1 saturated heterocycles. The van der Waals surface area contributed by atoms with E-state index in [1.165, 1.54) is 14.0 Å².